The third kappa shape index (κ3) is 11.7. The van der Waals surface area contributed by atoms with Crippen molar-refractivity contribution in [1.29, 1.82) is 0 Å². The molecule has 0 unspecified atom stereocenters. The van der Waals surface area contributed by atoms with Gasteiger partial charge >= 0.3 is 22.7 Å². The van der Waals surface area contributed by atoms with Crippen LogP contribution in [0.2, 0.25) is 0 Å². The highest BCUT2D eigenvalue weighted by molar-refractivity contribution is 5.65. The van der Waals surface area contributed by atoms with E-state index in [4.69, 9.17) is 10.2 Å². The molecule has 0 aliphatic carbocycles. The quantitative estimate of drug-likeness (QED) is 0.234. The zero-order chi connectivity index (χ0) is 34.3. The minimum atomic E-state index is -1.21. The van der Waals surface area contributed by atoms with Crippen LogP contribution in [0, 0.1) is 60.7 Å². The summed E-state index contributed by atoms with van der Waals surface area (Å²) in [5, 5.41) is 80.4. The molecule has 2 N–H and O–H groups in total. The molecule has 22 heteroatoms. The van der Waals surface area contributed by atoms with Crippen LogP contribution in [0.3, 0.4) is 0 Å². The van der Waals surface area contributed by atoms with Gasteiger partial charge in [-0.25, -0.2) is 0 Å². The number of non-ortho nitro benzene ring substituents is 2. The first-order valence-electron chi connectivity index (χ1n) is 12.4. The number of nitrogens with zero attached hydrogens (tertiary/aromatic N) is 8. The molecule has 0 saturated heterocycles. The van der Waals surface area contributed by atoms with E-state index in [0.29, 0.717) is 24.3 Å². The molecule has 0 spiro atoms. The summed E-state index contributed by atoms with van der Waals surface area (Å²) < 4.78 is 0. The molecule has 0 aliphatic rings. The largest absolute Gasteiger partial charge is 0.497 e. The summed E-state index contributed by atoms with van der Waals surface area (Å²) in [6.07, 6.45) is 1.30. The van der Waals surface area contributed by atoms with Crippen molar-refractivity contribution in [2.75, 3.05) is 39.8 Å². The summed E-state index contributed by atoms with van der Waals surface area (Å²) in [5.74, 6) is -2.42. The lowest BCUT2D eigenvalue weighted by atomic mass is 10.2. The highest BCUT2D eigenvalue weighted by Crippen LogP contribution is 2.40. The molecule has 0 aliphatic heterocycles. The average molecular weight is 631 g/mol. The molecule has 0 aromatic heterocycles. The predicted molar refractivity (Wildman–Crippen MR) is 152 cm³/mol. The lowest BCUT2D eigenvalue weighted by Gasteiger charge is -2.20. The van der Waals surface area contributed by atoms with Crippen molar-refractivity contribution in [3.63, 3.8) is 0 Å². The number of hydrogen-bond acceptors (Lipinski definition) is 16. The van der Waals surface area contributed by atoms with Gasteiger partial charge in [0.2, 0.25) is 0 Å². The summed E-state index contributed by atoms with van der Waals surface area (Å²) >= 11 is 0. The maximum absolute atomic E-state index is 10.4. The molecule has 0 heterocycles. The van der Waals surface area contributed by atoms with Gasteiger partial charge in [-0.2, -0.15) is 0 Å². The Hall–Kier alpha value is -5.64. The fourth-order valence-electron chi connectivity index (χ4n) is 3.21. The zero-order valence-corrected chi connectivity index (χ0v) is 23.9. The Morgan fingerprint density at radius 1 is 0.545 bits per heavy atom. The summed E-state index contributed by atoms with van der Waals surface area (Å²) in [7, 11) is 2.18. The normalized spacial score (nSPS) is 10.2. The highest BCUT2D eigenvalue weighted by atomic mass is 16.7. The lowest BCUT2D eigenvalue weighted by molar-refractivity contribution is -0.404. The first kappa shape index (κ1) is 38.4. The molecule has 0 bridgehead atoms. The second kappa shape index (κ2) is 18.0. The van der Waals surface area contributed by atoms with Crippen LogP contribution in [0.1, 0.15) is 27.2 Å². The Bertz CT molecular complexity index is 1220. The highest BCUT2D eigenvalue weighted by Gasteiger charge is 2.31. The molecule has 242 valence electrons. The smallest absolute Gasteiger partial charge is 0.324 e. The maximum Gasteiger partial charge on any atom is 0.324 e. The first-order valence-corrected chi connectivity index (χ1v) is 12.4. The molecule has 0 radical (unpaired) electrons. The van der Waals surface area contributed by atoms with Gasteiger partial charge in [0, 0.05) is 0 Å². The number of benzene rings is 2. The Balaban J connectivity index is 0.000000639. The molecule has 0 fully saturated rings. The van der Waals surface area contributed by atoms with E-state index in [2.05, 4.69) is 37.6 Å². The van der Waals surface area contributed by atoms with Crippen LogP contribution < -0.4 is 0 Å². The summed E-state index contributed by atoms with van der Waals surface area (Å²) in [6.45, 7) is 12.7. The molecule has 0 amide bonds. The fraction of sp³-hybridized carbons (Fsp3) is 0.455. The third-order valence-electron chi connectivity index (χ3n) is 5.77. The van der Waals surface area contributed by atoms with Gasteiger partial charge in [-0.15, -0.1) is 0 Å². The van der Waals surface area contributed by atoms with Gasteiger partial charge < -0.3 is 20.0 Å². The Labute approximate surface area is 247 Å². The summed E-state index contributed by atoms with van der Waals surface area (Å²) in [4.78, 5) is 60.4. The molecule has 0 atom stereocenters. The standard InChI is InChI=1S/C10H24N2.2C6H3N3O7/c1-5-11(4)9-8-10-12(6-2)7-3;2*10-6-4(8(13)14)1-3(7(11)12)2-5(6)9(15)16/h5-10H2,1-4H3;2*1-2,10H. The number of nitro benzene ring substituents is 6. The van der Waals surface area contributed by atoms with Crippen LogP contribution in [0.4, 0.5) is 34.1 Å². The van der Waals surface area contributed by atoms with E-state index in [0.717, 1.165) is 6.54 Å². The van der Waals surface area contributed by atoms with Crippen LogP contribution in [0.5, 0.6) is 11.5 Å². The van der Waals surface area contributed by atoms with Gasteiger partial charge in [0.1, 0.15) is 0 Å². The van der Waals surface area contributed by atoms with Gasteiger partial charge in [0.15, 0.2) is 0 Å². The van der Waals surface area contributed by atoms with E-state index in [1.54, 1.807) is 0 Å². The van der Waals surface area contributed by atoms with E-state index in [-0.39, 0.29) is 0 Å². The van der Waals surface area contributed by atoms with E-state index in [1.165, 1.54) is 32.6 Å². The Kier molecular flexibility index (Phi) is 15.7. The van der Waals surface area contributed by atoms with Gasteiger partial charge in [0.05, 0.1) is 53.8 Å². The van der Waals surface area contributed by atoms with Crippen LogP contribution in [0.25, 0.3) is 0 Å². The maximum atomic E-state index is 10.4. The number of rotatable bonds is 13. The molecule has 2 aromatic rings. The number of phenolic OH excluding ortho intramolecular Hbond substituents is 2. The minimum absolute atomic E-state index is 0.447. The van der Waals surface area contributed by atoms with Gasteiger partial charge in [0.25, 0.3) is 22.9 Å². The van der Waals surface area contributed by atoms with Crippen molar-refractivity contribution in [2.24, 2.45) is 0 Å². The predicted octanol–water partition coefficient (Wildman–Crippen LogP) is 3.90. The average Bonchev–Trinajstić information content (AvgIpc) is 2.95. The zero-order valence-electron chi connectivity index (χ0n) is 23.9. The van der Waals surface area contributed by atoms with Gasteiger partial charge in [-0.05, 0) is 46.2 Å². The number of nitro groups is 6. The van der Waals surface area contributed by atoms with Crippen LogP contribution in [-0.4, -0.2) is 89.3 Å². The fourth-order valence-corrected chi connectivity index (χ4v) is 3.21. The summed E-state index contributed by atoms with van der Waals surface area (Å²) in [6, 6.07) is 1.79. The van der Waals surface area contributed by atoms with Crippen LogP contribution >= 0.6 is 0 Å². The molecular weight excluding hydrogens is 600 g/mol. The molecule has 2 rings (SSSR count). The second-order valence-electron chi connectivity index (χ2n) is 8.48. The molecule has 2 aromatic carbocycles. The topological polar surface area (TPSA) is 306 Å². The number of aromatic hydroxyl groups is 2. The lowest BCUT2D eigenvalue weighted by Crippen LogP contribution is -2.28. The van der Waals surface area contributed by atoms with E-state index in [1.807, 2.05) is 0 Å². The van der Waals surface area contributed by atoms with Crippen molar-refractivity contribution >= 4 is 34.1 Å². The van der Waals surface area contributed by atoms with E-state index in [9.17, 15) is 60.7 Å². The molecular formula is C22H30N8O14. The van der Waals surface area contributed by atoms with Crippen LogP contribution in [-0.2, 0) is 0 Å². The number of phenols is 2. The monoisotopic (exact) mass is 630 g/mol. The SMILES string of the molecule is CCN(C)CCCN(CC)CC.O=[N+]([O-])c1cc([N+](=O)[O-])c(O)c([N+](=O)[O-])c1.O=[N+]([O-])c1cc([N+](=O)[O-])c(O)c([N+](=O)[O-])c1. The molecule has 22 nitrogen and oxygen atoms in total. The van der Waals surface area contributed by atoms with Crippen molar-refractivity contribution < 1.29 is 39.8 Å². The van der Waals surface area contributed by atoms with Crippen molar-refractivity contribution in [3.8, 4) is 11.5 Å². The van der Waals surface area contributed by atoms with Gasteiger partial charge in [-0.3, -0.25) is 60.7 Å². The van der Waals surface area contributed by atoms with E-state index >= 15 is 0 Å². The van der Waals surface area contributed by atoms with Crippen molar-refractivity contribution in [3.05, 3.63) is 85.0 Å². The number of hydrogen-bond donors (Lipinski definition) is 2. The molecule has 0 saturated carbocycles. The van der Waals surface area contributed by atoms with Crippen molar-refractivity contribution in [1.82, 2.24) is 9.80 Å². The summed E-state index contributed by atoms with van der Waals surface area (Å²) in [5.41, 5.74) is -6.00. The van der Waals surface area contributed by atoms with Crippen LogP contribution in [0.15, 0.2) is 24.3 Å². The third-order valence-corrected chi connectivity index (χ3v) is 5.77. The minimum Gasteiger partial charge on any atom is -0.497 e. The van der Waals surface area contributed by atoms with Crippen molar-refractivity contribution in [2.45, 2.75) is 27.2 Å². The first-order chi connectivity index (χ1) is 20.4. The van der Waals surface area contributed by atoms with E-state index < -0.39 is 75.2 Å². The Morgan fingerprint density at radius 3 is 1.05 bits per heavy atom. The Morgan fingerprint density at radius 2 is 0.841 bits per heavy atom. The second-order valence-corrected chi connectivity index (χ2v) is 8.48. The molecule has 44 heavy (non-hydrogen) atoms. The van der Waals surface area contributed by atoms with Gasteiger partial charge in [-0.1, -0.05) is 20.8 Å².